The Kier molecular flexibility index (Phi) is 3.55. The third kappa shape index (κ3) is 2.59. The highest BCUT2D eigenvalue weighted by Crippen LogP contribution is 2.38. The summed E-state index contributed by atoms with van der Waals surface area (Å²) >= 11 is 3.37. The molecule has 1 heterocycles. The Morgan fingerprint density at radius 2 is 2.21 bits per heavy atom. The Hall–Kier alpha value is -1.54. The van der Waals surface area contributed by atoms with Crippen LogP contribution in [0.5, 0.6) is 5.75 Å². The van der Waals surface area contributed by atoms with Gasteiger partial charge >= 0.3 is 0 Å². The second kappa shape index (κ2) is 4.86. The lowest BCUT2D eigenvalue weighted by atomic mass is 9.95. The summed E-state index contributed by atoms with van der Waals surface area (Å²) in [5.74, 6) is 0.116. The van der Waals surface area contributed by atoms with Crippen LogP contribution in [0.15, 0.2) is 27.8 Å². The molecule has 0 bridgehead atoms. The third-order valence-corrected chi connectivity index (χ3v) is 3.73. The topological polar surface area (TPSA) is 59.6 Å². The van der Waals surface area contributed by atoms with E-state index < -0.39 is 6.04 Å². The SMILES string of the molecule is CC1=NN([C@@H](C#N)c2cc(Br)ccc2O)C(C)(C)C1. The Morgan fingerprint density at radius 3 is 2.74 bits per heavy atom. The Labute approximate surface area is 121 Å². The first-order valence-electron chi connectivity index (χ1n) is 6.06. The van der Waals surface area contributed by atoms with E-state index in [0.29, 0.717) is 5.56 Å². The van der Waals surface area contributed by atoms with Gasteiger partial charge in [-0.15, -0.1) is 0 Å². The monoisotopic (exact) mass is 321 g/mol. The lowest BCUT2D eigenvalue weighted by molar-refractivity contribution is 0.121. The lowest BCUT2D eigenvalue weighted by Gasteiger charge is -2.34. The molecule has 5 heteroatoms. The molecule has 0 amide bonds. The van der Waals surface area contributed by atoms with Gasteiger partial charge in [0.1, 0.15) is 5.75 Å². The number of halogens is 1. The highest BCUT2D eigenvalue weighted by atomic mass is 79.9. The normalized spacial score (nSPS) is 18.9. The molecule has 1 aromatic rings. The summed E-state index contributed by atoms with van der Waals surface area (Å²) in [6.45, 7) is 6.05. The average Bonchev–Trinajstić information content (AvgIpc) is 2.58. The fourth-order valence-corrected chi connectivity index (χ4v) is 2.85. The average molecular weight is 322 g/mol. The molecule has 0 fully saturated rings. The minimum Gasteiger partial charge on any atom is -0.508 e. The number of hydrogen-bond acceptors (Lipinski definition) is 4. The van der Waals surface area contributed by atoms with E-state index in [0.717, 1.165) is 16.6 Å². The maximum absolute atomic E-state index is 9.99. The number of phenolic OH excluding ortho intramolecular Hbond substituents is 1. The number of aromatic hydroxyl groups is 1. The van der Waals surface area contributed by atoms with Crippen LogP contribution in [-0.2, 0) is 0 Å². The van der Waals surface area contributed by atoms with Gasteiger partial charge in [0.15, 0.2) is 6.04 Å². The quantitative estimate of drug-likeness (QED) is 0.905. The van der Waals surface area contributed by atoms with E-state index in [1.165, 1.54) is 0 Å². The zero-order valence-electron chi connectivity index (χ0n) is 11.2. The molecule has 0 radical (unpaired) electrons. The van der Waals surface area contributed by atoms with Crippen LogP contribution in [0.1, 0.15) is 38.8 Å². The van der Waals surface area contributed by atoms with E-state index >= 15 is 0 Å². The molecule has 4 nitrogen and oxygen atoms in total. The molecular formula is C14H16BrN3O. The van der Waals surface area contributed by atoms with E-state index in [2.05, 4.69) is 27.1 Å². The van der Waals surface area contributed by atoms with Crippen LogP contribution in [0.3, 0.4) is 0 Å². The van der Waals surface area contributed by atoms with E-state index in [9.17, 15) is 10.4 Å². The molecule has 1 aliphatic rings. The molecule has 0 aromatic heterocycles. The fraction of sp³-hybridized carbons (Fsp3) is 0.429. The fourth-order valence-electron chi connectivity index (χ4n) is 2.47. The highest BCUT2D eigenvalue weighted by molar-refractivity contribution is 9.10. The van der Waals surface area contributed by atoms with Gasteiger partial charge in [-0.2, -0.15) is 10.4 Å². The van der Waals surface area contributed by atoms with Crippen molar-refractivity contribution in [1.82, 2.24) is 5.01 Å². The van der Waals surface area contributed by atoms with Crippen LogP contribution in [0.4, 0.5) is 0 Å². The summed E-state index contributed by atoms with van der Waals surface area (Å²) in [5, 5.41) is 25.7. The number of hydrazone groups is 1. The van der Waals surface area contributed by atoms with Gasteiger partial charge in [-0.05, 0) is 39.0 Å². The van der Waals surface area contributed by atoms with Crippen LogP contribution in [0.2, 0.25) is 0 Å². The molecular weight excluding hydrogens is 306 g/mol. The van der Waals surface area contributed by atoms with Gasteiger partial charge in [0.05, 0.1) is 11.6 Å². The maximum Gasteiger partial charge on any atom is 0.162 e. The minimum absolute atomic E-state index is 0.116. The summed E-state index contributed by atoms with van der Waals surface area (Å²) in [6.07, 6.45) is 0.819. The summed E-state index contributed by atoms with van der Waals surface area (Å²) in [4.78, 5) is 0. The van der Waals surface area contributed by atoms with Gasteiger partial charge in [0, 0.05) is 22.2 Å². The van der Waals surface area contributed by atoms with Gasteiger partial charge in [-0.1, -0.05) is 15.9 Å². The van der Waals surface area contributed by atoms with Gasteiger partial charge < -0.3 is 5.11 Å². The Bertz CT molecular complexity index is 575. The van der Waals surface area contributed by atoms with Crippen molar-refractivity contribution in [3.63, 3.8) is 0 Å². The van der Waals surface area contributed by atoms with Crippen molar-refractivity contribution in [1.29, 1.82) is 5.26 Å². The van der Waals surface area contributed by atoms with Crippen LogP contribution < -0.4 is 0 Å². The van der Waals surface area contributed by atoms with E-state index in [4.69, 9.17) is 0 Å². The van der Waals surface area contributed by atoms with Crippen molar-refractivity contribution in [2.45, 2.75) is 38.8 Å². The third-order valence-electron chi connectivity index (χ3n) is 3.24. The molecule has 0 unspecified atom stereocenters. The molecule has 1 atom stereocenters. The molecule has 100 valence electrons. The van der Waals surface area contributed by atoms with E-state index in [-0.39, 0.29) is 11.3 Å². The van der Waals surface area contributed by atoms with E-state index in [1.807, 2.05) is 20.8 Å². The second-order valence-corrected chi connectivity index (χ2v) is 6.32. The number of benzene rings is 1. The van der Waals surface area contributed by atoms with Gasteiger partial charge in [0.2, 0.25) is 0 Å². The first-order valence-corrected chi connectivity index (χ1v) is 6.86. The zero-order valence-corrected chi connectivity index (χ0v) is 12.8. The maximum atomic E-state index is 9.99. The number of rotatable bonds is 2. The number of phenols is 1. The minimum atomic E-state index is -0.593. The number of hydrogen-bond donors (Lipinski definition) is 1. The van der Waals surface area contributed by atoms with Gasteiger partial charge in [-0.25, -0.2) is 0 Å². The van der Waals surface area contributed by atoms with Crippen molar-refractivity contribution in [2.75, 3.05) is 0 Å². The Balaban J connectivity index is 2.47. The molecule has 2 rings (SSSR count). The molecule has 19 heavy (non-hydrogen) atoms. The van der Waals surface area contributed by atoms with Crippen molar-refractivity contribution >= 4 is 21.6 Å². The second-order valence-electron chi connectivity index (χ2n) is 5.40. The van der Waals surface area contributed by atoms with Crippen molar-refractivity contribution < 1.29 is 5.11 Å². The summed E-state index contributed by atoms with van der Waals surface area (Å²) in [7, 11) is 0. The van der Waals surface area contributed by atoms with Crippen LogP contribution >= 0.6 is 15.9 Å². The van der Waals surface area contributed by atoms with Crippen LogP contribution in [0.25, 0.3) is 0 Å². The molecule has 0 spiro atoms. The summed E-state index contributed by atoms with van der Waals surface area (Å²) in [5.41, 5.74) is 1.35. The molecule has 0 saturated heterocycles. The van der Waals surface area contributed by atoms with Crippen LogP contribution in [0, 0.1) is 11.3 Å². The predicted octanol–water partition coefficient (Wildman–Crippen LogP) is 3.58. The Morgan fingerprint density at radius 1 is 1.53 bits per heavy atom. The summed E-state index contributed by atoms with van der Waals surface area (Å²) < 4.78 is 0.832. The first-order chi connectivity index (χ1) is 8.85. The number of nitriles is 1. The first kappa shape index (κ1) is 13.9. The van der Waals surface area contributed by atoms with Gasteiger partial charge in [-0.3, -0.25) is 5.01 Å². The standard InChI is InChI=1S/C14H16BrN3O/c1-9-7-14(2,3)18(17-9)12(8-16)11-6-10(15)4-5-13(11)19/h4-6,12,19H,7H2,1-3H3/t12-/m0/s1. The molecule has 0 aliphatic carbocycles. The van der Waals surface area contributed by atoms with Crippen molar-refractivity contribution in [3.05, 3.63) is 28.2 Å². The smallest absolute Gasteiger partial charge is 0.162 e. The summed E-state index contributed by atoms with van der Waals surface area (Å²) in [6, 6.07) is 6.75. The lowest BCUT2D eigenvalue weighted by Crippen LogP contribution is -2.38. The predicted molar refractivity (Wildman–Crippen MR) is 77.8 cm³/mol. The molecule has 1 aliphatic heterocycles. The van der Waals surface area contributed by atoms with Crippen molar-refractivity contribution in [2.24, 2.45) is 5.10 Å². The van der Waals surface area contributed by atoms with Crippen molar-refractivity contribution in [3.8, 4) is 11.8 Å². The molecule has 0 saturated carbocycles. The number of nitrogens with zero attached hydrogens (tertiary/aromatic N) is 3. The largest absolute Gasteiger partial charge is 0.508 e. The highest BCUT2D eigenvalue weighted by Gasteiger charge is 2.38. The van der Waals surface area contributed by atoms with Crippen LogP contribution in [-0.4, -0.2) is 21.4 Å². The zero-order chi connectivity index (χ0) is 14.2. The van der Waals surface area contributed by atoms with E-state index in [1.54, 1.807) is 23.2 Å². The molecule has 1 aromatic carbocycles. The van der Waals surface area contributed by atoms with Gasteiger partial charge in [0.25, 0.3) is 0 Å². The molecule has 1 N–H and O–H groups in total.